The maximum Gasteiger partial charge on any atom is 0.0636 e. The van der Waals surface area contributed by atoms with E-state index in [-0.39, 0.29) is 0 Å². The summed E-state index contributed by atoms with van der Waals surface area (Å²) in [5.74, 6) is 0. The minimum Gasteiger partial charge on any atom is -0.301 e. The molecule has 0 radical (unpaired) electrons. The Bertz CT molecular complexity index is 596. The van der Waals surface area contributed by atoms with E-state index in [1.54, 1.807) is 7.11 Å². The number of nitrogens with one attached hydrogen (secondary N) is 1. The zero-order valence-corrected chi connectivity index (χ0v) is 21.5. The number of hydrogen-bond donors (Lipinski definition) is 1. The fourth-order valence-electron chi connectivity index (χ4n) is 4.82. The van der Waals surface area contributed by atoms with Crippen molar-refractivity contribution in [3.05, 3.63) is 29.8 Å². The van der Waals surface area contributed by atoms with E-state index in [9.17, 15) is 0 Å². The van der Waals surface area contributed by atoms with E-state index in [0.717, 1.165) is 44.8 Å². The number of nitrogens with zero attached hydrogens (tertiary/aromatic N) is 4. The van der Waals surface area contributed by atoms with Crippen LogP contribution < -0.4 is 5.48 Å². The Hall–Kier alpha value is -1.18. The smallest absolute Gasteiger partial charge is 0.0636 e. The van der Waals surface area contributed by atoms with Crippen LogP contribution in [0, 0.1) is 0 Å². The summed E-state index contributed by atoms with van der Waals surface area (Å²) in [7, 11) is 1.65. The maximum atomic E-state index is 5.04. The lowest BCUT2D eigenvalue weighted by Gasteiger charge is -2.38. The highest BCUT2D eigenvalue weighted by Gasteiger charge is 2.22. The van der Waals surface area contributed by atoms with Crippen molar-refractivity contribution in [2.24, 2.45) is 0 Å². The molecule has 1 atom stereocenters. The van der Waals surface area contributed by atoms with Gasteiger partial charge in [-0.25, -0.2) is 0 Å². The Balaban J connectivity index is 2.17. The molecule has 1 unspecified atom stereocenters. The Morgan fingerprint density at radius 3 is 1.84 bits per heavy atom. The second-order valence-corrected chi connectivity index (χ2v) is 9.07. The van der Waals surface area contributed by atoms with E-state index in [2.05, 4.69) is 77.0 Å². The Morgan fingerprint density at radius 2 is 1.34 bits per heavy atom. The van der Waals surface area contributed by atoms with Gasteiger partial charge in [0.1, 0.15) is 0 Å². The summed E-state index contributed by atoms with van der Waals surface area (Å²) in [5, 5.41) is 0. The number of likely N-dealkylation sites (N-methyl/N-ethyl adjacent to an activating group) is 2. The fraction of sp³-hybridized carbons (Fsp3) is 0.769. The van der Waals surface area contributed by atoms with Crippen molar-refractivity contribution in [3.63, 3.8) is 0 Å². The number of hydrogen-bond acceptors (Lipinski definition) is 6. The molecule has 0 aliphatic carbocycles. The summed E-state index contributed by atoms with van der Waals surface area (Å²) in [6.45, 7) is 22.1. The van der Waals surface area contributed by atoms with Crippen LogP contribution >= 0.6 is 0 Å². The number of rotatable bonds is 10. The molecule has 2 rings (SSSR count). The van der Waals surface area contributed by atoms with E-state index in [1.165, 1.54) is 57.7 Å². The van der Waals surface area contributed by atoms with Crippen LogP contribution in [0.1, 0.15) is 46.1 Å². The van der Waals surface area contributed by atoms with Gasteiger partial charge < -0.3 is 14.7 Å². The topological polar surface area (TPSA) is 34.2 Å². The molecule has 1 fully saturated rings. The normalized spacial score (nSPS) is 21.2. The molecular weight excluding hydrogens is 398 g/mol. The second-order valence-electron chi connectivity index (χ2n) is 9.07. The fourth-order valence-corrected chi connectivity index (χ4v) is 4.82. The average Bonchev–Trinajstić information content (AvgIpc) is 2.80. The number of anilines is 1. The highest BCUT2D eigenvalue weighted by Crippen LogP contribution is 2.15. The highest BCUT2D eigenvalue weighted by atomic mass is 16.6. The van der Waals surface area contributed by atoms with Gasteiger partial charge in [-0.3, -0.25) is 15.2 Å². The van der Waals surface area contributed by atoms with Gasteiger partial charge in [-0.1, -0.05) is 39.8 Å². The summed E-state index contributed by atoms with van der Waals surface area (Å²) >= 11 is 0. The molecule has 1 heterocycles. The third kappa shape index (κ3) is 9.36. The SMILES string of the molecule is CCCN1CCN(CCC)CCN(CC)C(Cc2ccc(NOC)cc2)CN(CC)CC1. The van der Waals surface area contributed by atoms with Gasteiger partial charge in [-0.05, 0) is 63.1 Å². The van der Waals surface area contributed by atoms with Gasteiger partial charge in [0, 0.05) is 51.9 Å². The molecule has 0 aromatic heterocycles. The van der Waals surface area contributed by atoms with Gasteiger partial charge in [0.15, 0.2) is 0 Å². The van der Waals surface area contributed by atoms with E-state index in [4.69, 9.17) is 4.84 Å². The first kappa shape index (κ1) is 27.1. The minimum atomic E-state index is 0.531. The van der Waals surface area contributed by atoms with E-state index in [1.807, 2.05) is 0 Å². The maximum absolute atomic E-state index is 5.04. The van der Waals surface area contributed by atoms with Crippen molar-refractivity contribution in [1.82, 2.24) is 19.6 Å². The molecule has 0 saturated carbocycles. The Labute approximate surface area is 197 Å². The molecule has 1 N–H and O–H groups in total. The molecule has 1 aliphatic rings. The zero-order chi connectivity index (χ0) is 23.2. The molecular formula is C26H49N5O. The lowest BCUT2D eigenvalue weighted by atomic mass is 10.0. The van der Waals surface area contributed by atoms with Crippen LogP contribution in [-0.4, -0.2) is 105 Å². The first-order valence-electron chi connectivity index (χ1n) is 12.9. The van der Waals surface area contributed by atoms with Crippen molar-refractivity contribution < 1.29 is 4.84 Å². The van der Waals surface area contributed by atoms with Crippen molar-refractivity contribution in [2.45, 2.75) is 53.0 Å². The van der Waals surface area contributed by atoms with Gasteiger partial charge >= 0.3 is 0 Å². The molecule has 0 bridgehead atoms. The van der Waals surface area contributed by atoms with Gasteiger partial charge in [0.05, 0.1) is 12.8 Å². The van der Waals surface area contributed by atoms with Gasteiger partial charge in [-0.15, -0.1) is 0 Å². The van der Waals surface area contributed by atoms with Crippen LogP contribution in [0.15, 0.2) is 24.3 Å². The first-order chi connectivity index (χ1) is 15.6. The molecule has 6 nitrogen and oxygen atoms in total. The number of benzene rings is 1. The quantitative estimate of drug-likeness (QED) is 0.552. The molecule has 1 saturated heterocycles. The molecule has 184 valence electrons. The largest absolute Gasteiger partial charge is 0.301 e. The van der Waals surface area contributed by atoms with Crippen molar-refractivity contribution >= 4 is 5.69 Å². The van der Waals surface area contributed by atoms with E-state index >= 15 is 0 Å². The summed E-state index contributed by atoms with van der Waals surface area (Å²) < 4.78 is 0. The summed E-state index contributed by atoms with van der Waals surface area (Å²) in [6, 6.07) is 9.26. The predicted molar refractivity (Wildman–Crippen MR) is 137 cm³/mol. The second kappa shape index (κ2) is 15.6. The van der Waals surface area contributed by atoms with Crippen molar-refractivity contribution in [1.29, 1.82) is 0 Å². The van der Waals surface area contributed by atoms with Gasteiger partial charge in [0.2, 0.25) is 0 Å². The monoisotopic (exact) mass is 447 g/mol. The molecule has 1 aliphatic heterocycles. The molecule has 1 aromatic carbocycles. The van der Waals surface area contributed by atoms with Crippen LogP contribution in [-0.2, 0) is 11.3 Å². The molecule has 6 heteroatoms. The predicted octanol–water partition coefficient (Wildman–Crippen LogP) is 3.65. The Kier molecular flexibility index (Phi) is 13.2. The summed E-state index contributed by atoms with van der Waals surface area (Å²) in [6.07, 6.45) is 3.55. The third-order valence-corrected chi connectivity index (χ3v) is 6.73. The minimum absolute atomic E-state index is 0.531. The molecule has 0 amide bonds. The first-order valence-corrected chi connectivity index (χ1v) is 12.9. The summed E-state index contributed by atoms with van der Waals surface area (Å²) in [4.78, 5) is 15.8. The average molecular weight is 448 g/mol. The Morgan fingerprint density at radius 1 is 0.781 bits per heavy atom. The molecule has 1 aromatic rings. The van der Waals surface area contributed by atoms with Crippen LogP contribution in [0.2, 0.25) is 0 Å². The van der Waals surface area contributed by atoms with E-state index < -0.39 is 0 Å². The lowest BCUT2D eigenvalue weighted by Crippen LogP contribution is -2.51. The lowest BCUT2D eigenvalue weighted by molar-refractivity contribution is 0.102. The highest BCUT2D eigenvalue weighted by molar-refractivity contribution is 5.42. The van der Waals surface area contributed by atoms with Crippen LogP contribution in [0.3, 0.4) is 0 Å². The third-order valence-electron chi connectivity index (χ3n) is 6.73. The van der Waals surface area contributed by atoms with Gasteiger partial charge in [0.25, 0.3) is 0 Å². The molecule has 0 spiro atoms. The van der Waals surface area contributed by atoms with Crippen molar-refractivity contribution in [2.75, 3.05) is 84.6 Å². The van der Waals surface area contributed by atoms with E-state index in [0.29, 0.717) is 6.04 Å². The standard InChI is InChI=1S/C26H49N5O/c1-6-14-29-17-16-28(8-3)23-26(22-24-10-12-25(13-11-24)27-32-5)31(9-4)21-20-30(15-7-2)19-18-29/h10-13,26-27H,6-9,14-23H2,1-5H3. The van der Waals surface area contributed by atoms with Crippen LogP contribution in [0.5, 0.6) is 0 Å². The van der Waals surface area contributed by atoms with Crippen molar-refractivity contribution in [3.8, 4) is 0 Å². The van der Waals surface area contributed by atoms with Gasteiger partial charge in [-0.2, -0.15) is 0 Å². The summed E-state index contributed by atoms with van der Waals surface area (Å²) in [5.41, 5.74) is 5.33. The molecule has 32 heavy (non-hydrogen) atoms. The zero-order valence-electron chi connectivity index (χ0n) is 21.5. The van der Waals surface area contributed by atoms with Crippen LogP contribution in [0.25, 0.3) is 0 Å². The van der Waals surface area contributed by atoms with Crippen LogP contribution in [0.4, 0.5) is 5.69 Å².